The smallest absolute Gasteiger partial charge is 0.160 e. The van der Waals surface area contributed by atoms with E-state index in [4.69, 9.17) is 0 Å². The Kier molecular flexibility index (Phi) is 3.98. The average Bonchev–Trinajstić information content (AvgIpc) is 2.84. The van der Waals surface area contributed by atoms with Crippen molar-refractivity contribution in [3.8, 4) is 0 Å². The van der Waals surface area contributed by atoms with Gasteiger partial charge in [0.2, 0.25) is 0 Å². The molecule has 1 fully saturated rings. The van der Waals surface area contributed by atoms with Gasteiger partial charge in [-0.05, 0) is 19.2 Å². The van der Waals surface area contributed by atoms with Gasteiger partial charge in [-0.1, -0.05) is 6.92 Å². The van der Waals surface area contributed by atoms with Crippen molar-refractivity contribution in [3.63, 3.8) is 0 Å². The first-order valence-corrected chi connectivity index (χ1v) is 7.49. The molecule has 0 saturated carbocycles. The van der Waals surface area contributed by atoms with Gasteiger partial charge in [-0.2, -0.15) is 0 Å². The third kappa shape index (κ3) is 2.69. The highest BCUT2D eigenvalue weighted by Crippen LogP contribution is 2.14. The minimum atomic E-state index is 0.957. The summed E-state index contributed by atoms with van der Waals surface area (Å²) in [5.41, 5.74) is 2.04. The molecule has 1 aliphatic heterocycles. The van der Waals surface area contributed by atoms with Gasteiger partial charge in [-0.15, -0.1) is 0 Å². The molecule has 0 radical (unpaired) electrons. The molecule has 0 amide bonds. The van der Waals surface area contributed by atoms with E-state index in [1.54, 1.807) is 0 Å². The van der Waals surface area contributed by atoms with Crippen molar-refractivity contribution in [2.75, 3.05) is 39.8 Å². The summed E-state index contributed by atoms with van der Waals surface area (Å²) in [4.78, 5) is 14.1. The van der Waals surface area contributed by atoms with Crippen LogP contribution in [0.3, 0.4) is 0 Å². The number of imidazole rings is 1. The molecular weight excluding hydrogens is 250 g/mol. The summed E-state index contributed by atoms with van der Waals surface area (Å²) in [5.74, 6) is 1.15. The Morgan fingerprint density at radius 3 is 2.70 bits per heavy atom. The van der Waals surface area contributed by atoms with Gasteiger partial charge in [0, 0.05) is 51.9 Å². The molecule has 5 heteroatoms. The first-order valence-electron chi connectivity index (χ1n) is 7.49. The maximum atomic E-state index is 4.68. The molecule has 1 saturated heterocycles. The number of pyridine rings is 1. The van der Waals surface area contributed by atoms with E-state index >= 15 is 0 Å². The highest BCUT2D eigenvalue weighted by atomic mass is 15.3. The molecule has 3 rings (SSSR count). The van der Waals surface area contributed by atoms with Crippen LogP contribution in [0.1, 0.15) is 12.7 Å². The largest absolute Gasteiger partial charge is 0.311 e. The van der Waals surface area contributed by atoms with Crippen LogP contribution in [0.25, 0.3) is 11.2 Å². The summed E-state index contributed by atoms with van der Waals surface area (Å²) >= 11 is 0. The lowest BCUT2D eigenvalue weighted by Gasteiger charge is -2.32. The summed E-state index contributed by atoms with van der Waals surface area (Å²) in [6, 6.07) is 4.01. The molecular formula is C15H23N5. The second-order valence-electron chi connectivity index (χ2n) is 5.52. The number of piperazine rings is 1. The second-order valence-corrected chi connectivity index (χ2v) is 5.52. The quantitative estimate of drug-likeness (QED) is 0.840. The van der Waals surface area contributed by atoms with Crippen LogP contribution >= 0.6 is 0 Å². The number of hydrogen-bond acceptors (Lipinski definition) is 4. The topological polar surface area (TPSA) is 37.2 Å². The van der Waals surface area contributed by atoms with Crippen LogP contribution in [0.5, 0.6) is 0 Å². The fraction of sp³-hybridized carbons (Fsp3) is 0.600. The third-order valence-corrected chi connectivity index (χ3v) is 4.13. The summed E-state index contributed by atoms with van der Waals surface area (Å²) in [7, 11) is 2.19. The van der Waals surface area contributed by atoms with Gasteiger partial charge >= 0.3 is 0 Å². The number of aromatic nitrogens is 3. The normalized spacial score (nSPS) is 17.9. The lowest BCUT2D eigenvalue weighted by molar-refractivity contribution is 0.150. The maximum Gasteiger partial charge on any atom is 0.160 e. The molecule has 1 aliphatic rings. The molecule has 0 N–H and O–H groups in total. The molecule has 0 spiro atoms. The Balaban J connectivity index is 1.73. The number of likely N-dealkylation sites (N-methyl/N-ethyl adjacent to an activating group) is 1. The standard InChI is InChI=1S/C15H23N5/c1-3-14-17-13-5-4-6-16-15(13)20(14)12-11-19-9-7-18(2)8-10-19/h4-6H,3,7-12H2,1-2H3. The molecule has 0 atom stereocenters. The van der Waals surface area contributed by atoms with Crippen molar-refractivity contribution < 1.29 is 0 Å². The number of aryl methyl sites for hydroxylation is 1. The molecule has 20 heavy (non-hydrogen) atoms. The van der Waals surface area contributed by atoms with E-state index in [0.29, 0.717) is 0 Å². The minimum Gasteiger partial charge on any atom is -0.311 e. The highest BCUT2D eigenvalue weighted by molar-refractivity contribution is 5.71. The Hall–Kier alpha value is -1.46. The first-order chi connectivity index (χ1) is 9.78. The molecule has 5 nitrogen and oxygen atoms in total. The zero-order valence-corrected chi connectivity index (χ0v) is 12.4. The van der Waals surface area contributed by atoms with E-state index in [1.165, 1.54) is 13.1 Å². The molecule has 108 valence electrons. The van der Waals surface area contributed by atoms with Crippen LogP contribution in [0.2, 0.25) is 0 Å². The molecule has 3 heterocycles. The Bertz CT molecular complexity index is 569. The predicted octanol–water partition coefficient (Wildman–Crippen LogP) is 1.24. The van der Waals surface area contributed by atoms with Crippen molar-refractivity contribution >= 4 is 11.2 Å². The molecule has 0 unspecified atom stereocenters. The number of fused-ring (bicyclic) bond motifs is 1. The lowest BCUT2D eigenvalue weighted by Crippen LogP contribution is -2.45. The number of hydrogen-bond donors (Lipinski definition) is 0. The minimum absolute atomic E-state index is 0.957. The molecule has 0 aliphatic carbocycles. The van der Waals surface area contributed by atoms with Gasteiger partial charge in [0.05, 0.1) is 0 Å². The Labute approximate surface area is 120 Å². The maximum absolute atomic E-state index is 4.68. The van der Waals surface area contributed by atoms with Gasteiger partial charge < -0.3 is 9.47 Å². The SMILES string of the molecule is CCc1nc2cccnc2n1CCN1CCN(C)CC1. The van der Waals surface area contributed by atoms with E-state index in [-0.39, 0.29) is 0 Å². The van der Waals surface area contributed by atoms with E-state index in [2.05, 4.69) is 38.3 Å². The van der Waals surface area contributed by atoms with Crippen molar-refractivity contribution in [2.24, 2.45) is 0 Å². The van der Waals surface area contributed by atoms with E-state index in [1.807, 2.05) is 18.3 Å². The van der Waals surface area contributed by atoms with Crippen LogP contribution in [-0.2, 0) is 13.0 Å². The van der Waals surface area contributed by atoms with Gasteiger partial charge in [0.25, 0.3) is 0 Å². The van der Waals surface area contributed by atoms with Crippen LogP contribution in [0, 0.1) is 0 Å². The van der Waals surface area contributed by atoms with E-state index < -0.39 is 0 Å². The summed E-state index contributed by atoms with van der Waals surface area (Å²) in [5, 5.41) is 0. The summed E-state index contributed by atoms with van der Waals surface area (Å²) in [6.07, 6.45) is 2.81. The van der Waals surface area contributed by atoms with Crippen LogP contribution in [-0.4, -0.2) is 64.1 Å². The Morgan fingerprint density at radius 2 is 1.95 bits per heavy atom. The van der Waals surface area contributed by atoms with Gasteiger partial charge in [0.15, 0.2) is 5.65 Å². The Morgan fingerprint density at radius 1 is 1.15 bits per heavy atom. The number of rotatable bonds is 4. The number of nitrogens with zero attached hydrogens (tertiary/aromatic N) is 5. The van der Waals surface area contributed by atoms with Crippen LogP contribution in [0.4, 0.5) is 0 Å². The van der Waals surface area contributed by atoms with Crippen molar-refractivity contribution in [2.45, 2.75) is 19.9 Å². The zero-order chi connectivity index (χ0) is 13.9. The third-order valence-electron chi connectivity index (χ3n) is 4.13. The van der Waals surface area contributed by atoms with Gasteiger partial charge in [-0.3, -0.25) is 4.90 Å². The van der Waals surface area contributed by atoms with E-state index in [0.717, 1.165) is 49.6 Å². The second kappa shape index (κ2) is 5.89. The lowest BCUT2D eigenvalue weighted by atomic mass is 10.3. The predicted molar refractivity (Wildman–Crippen MR) is 80.8 cm³/mol. The van der Waals surface area contributed by atoms with Gasteiger partial charge in [-0.25, -0.2) is 9.97 Å². The fourth-order valence-corrected chi connectivity index (χ4v) is 2.82. The average molecular weight is 273 g/mol. The molecule has 0 aromatic carbocycles. The van der Waals surface area contributed by atoms with Gasteiger partial charge in [0.1, 0.15) is 11.3 Å². The van der Waals surface area contributed by atoms with Crippen LogP contribution < -0.4 is 0 Å². The molecule has 0 bridgehead atoms. The first kappa shape index (κ1) is 13.5. The molecule has 2 aromatic rings. The van der Waals surface area contributed by atoms with Crippen molar-refractivity contribution in [3.05, 3.63) is 24.2 Å². The van der Waals surface area contributed by atoms with Crippen molar-refractivity contribution in [1.82, 2.24) is 24.3 Å². The summed E-state index contributed by atoms with van der Waals surface area (Å²) < 4.78 is 2.29. The van der Waals surface area contributed by atoms with Crippen molar-refractivity contribution in [1.29, 1.82) is 0 Å². The van der Waals surface area contributed by atoms with E-state index in [9.17, 15) is 0 Å². The summed E-state index contributed by atoms with van der Waals surface area (Å²) in [6.45, 7) is 8.90. The monoisotopic (exact) mass is 273 g/mol. The van der Waals surface area contributed by atoms with Crippen LogP contribution in [0.15, 0.2) is 18.3 Å². The highest BCUT2D eigenvalue weighted by Gasteiger charge is 2.15. The molecule has 2 aromatic heterocycles. The fourth-order valence-electron chi connectivity index (χ4n) is 2.82. The zero-order valence-electron chi connectivity index (χ0n) is 12.4.